The molecule has 0 saturated heterocycles. The molecule has 4 nitrogen and oxygen atoms in total. The van der Waals surface area contributed by atoms with Gasteiger partial charge >= 0.3 is 6.03 Å². The summed E-state index contributed by atoms with van der Waals surface area (Å²) in [6.07, 6.45) is 1.31. The summed E-state index contributed by atoms with van der Waals surface area (Å²) >= 11 is 11.8. The maximum atomic E-state index is 12.0. The van der Waals surface area contributed by atoms with Gasteiger partial charge in [-0.25, -0.2) is 4.79 Å². The third kappa shape index (κ3) is 3.75. The quantitative estimate of drug-likeness (QED) is 0.900. The minimum Gasteiger partial charge on any atom is -0.393 e. The Morgan fingerprint density at radius 1 is 1.47 bits per heavy atom. The molecule has 2 amide bonds. The highest BCUT2D eigenvalue weighted by Gasteiger charge is 2.29. The van der Waals surface area contributed by atoms with Crippen LogP contribution in [0.1, 0.15) is 12.8 Å². The van der Waals surface area contributed by atoms with Gasteiger partial charge in [0.05, 0.1) is 16.8 Å². The van der Waals surface area contributed by atoms with Gasteiger partial charge in [-0.2, -0.15) is 0 Å². The van der Waals surface area contributed by atoms with Crippen molar-refractivity contribution in [2.45, 2.75) is 18.9 Å². The molecule has 1 aromatic carbocycles. The van der Waals surface area contributed by atoms with Gasteiger partial charge in [0.1, 0.15) is 0 Å². The van der Waals surface area contributed by atoms with E-state index in [9.17, 15) is 9.90 Å². The van der Waals surface area contributed by atoms with Crippen molar-refractivity contribution in [2.75, 3.05) is 18.9 Å². The number of amides is 2. The normalized spacial score (nSPS) is 21.7. The van der Waals surface area contributed by atoms with Crippen LogP contribution < -0.4 is 5.32 Å². The molecular weight excluding hydrogens is 287 g/mol. The number of carbonyl (C=O) groups excluding carboxylic acids is 1. The van der Waals surface area contributed by atoms with Crippen LogP contribution in [0.3, 0.4) is 0 Å². The molecule has 0 spiro atoms. The molecule has 0 atom stereocenters. The largest absolute Gasteiger partial charge is 0.393 e. The molecule has 0 heterocycles. The Morgan fingerprint density at radius 3 is 2.79 bits per heavy atom. The number of hydrogen-bond acceptors (Lipinski definition) is 2. The third-order valence-electron chi connectivity index (χ3n) is 3.26. The van der Waals surface area contributed by atoms with Gasteiger partial charge < -0.3 is 15.3 Å². The monoisotopic (exact) mass is 302 g/mol. The molecule has 0 unspecified atom stereocenters. The number of halogens is 2. The van der Waals surface area contributed by atoms with E-state index in [4.69, 9.17) is 23.2 Å². The first-order chi connectivity index (χ1) is 8.95. The Kier molecular flexibility index (Phi) is 4.55. The SMILES string of the molecule is CN(CC1CC(O)C1)C(=O)Nc1cc(Cl)ccc1Cl. The second-order valence-corrected chi connectivity index (χ2v) is 5.77. The molecule has 1 aliphatic rings. The summed E-state index contributed by atoms with van der Waals surface area (Å²) in [5.74, 6) is 0.376. The van der Waals surface area contributed by atoms with E-state index >= 15 is 0 Å². The Bertz CT molecular complexity index is 476. The number of aliphatic hydroxyl groups is 1. The lowest BCUT2D eigenvalue weighted by Crippen LogP contribution is -2.41. The summed E-state index contributed by atoms with van der Waals surface area (Å²) in [5.41, 5.74) is 0.500. The van der Waals surface area contributed by atoms with Crippen LogP contribution in [-0.4, -0.2) is 35.7 Å². The summed E-state index contributed by atoms with van der Waals surface area (Å²) in [6, 6.07) is 4.69. The molecule has 2 N–H and O–H groups in total. The van der Waals surface area contributed by atoms with Crippen LogP contribution in [0.25, 0.3) is 0 Å². The summed E-state index contributed by atoms with van der Waals surface area (Å²) in [7, 11) is 1.72. The van der Waals surface area contributed by atoms with Crippen LogP contribution in [0.15, 0.2) is 18.2 Å². The van der Waals surface area contributed by atoms with Crippen LogP contribution in [-0.2, 0) is 0 Å². The number of urea groups is 1. The number of rotatable bonds is 3. The topological polar surface area (TPSA) is 52.6 Å². The van der Waals surface area contributed by atoms with E-state index in [2.05, 4.69) is 5.32 Å². The van der Waals surface area contributed by atoms with E-state index in [1.807, 2.05) is 0 Å². The van der Waals surface area contributed by atoms with Gasteiger partial charge in [0, 0.05) is 18.6 Å². The van der Waals surface area contributed by atoms with Crippen LogP contribution >= 0.6 is 23.2 Å². The summed E-state index contributed by atoms with van der Waals surface area (Å²) < 4.78 is 0. The van der Waals surface area contributed by atoms with Crippen molar-refractivity contribution >= 4 is 34.9 Å². The smallest absolute Gasteiger partial charge is 0.321 e. The Morgan fingerprint density at radius 2 is 2.16 bits per heavy atom. The number of anilines is 1. The van der Waals surface area contributed by atoms with E-state index in [1.54, 1.807) is 30.1 Å². The van der Waals surface area contributed by atoms with E-state index in [1.165, 1.54) is 0 Å². The minimum atomic E-state index is -0.231. The second kappa shape index (κ2) is 5.99. The molecule has 0 radical (unpaired) electrons. The van der Waals surface area contributed by atoms with Gasteiger partial charge in [-0.15, -0.1) is 0 Å². The highest BCUT2D eigenvalue weighted by molar-refractivity contribution is 6.35. The number of nitrogens with zero attached hydrogens (tertiary/aromatic N) is 1. The molecule has 0 aromatic heterocycles. The Labute approximate surface area is 122 Å². The second-order valence-electron chi connectivity index (χ2n) is 4.93. The lowest BCUT2D eigenvalue weighted by molar-refractivity contribution is 0.0332. The molecule has 1 aromatic rings. The van der Waals surface area contributed by atoms with Crippen LogP contribution in [0.2, 0.25) is 10.0 Å². The van der Waals surface area contributed by atoms with Crippen LogP contribution in [0, 0.1) is 5.92 Å². The maximum absolute atomic E-state index is 12.0. The first-order valence-corrected chi connectivity index (χ1v) is 6.86. The summed E-state index contributed by atoms with van der Waals surface area (Å²) in [6.45, 7) is 0.626. The zero-order valence-electron chi connectivity index (χ0n) is 10.6. The molecule has 1 fully saturated rings. The van der Waals surface area contributed by atoms with Crippen molar-refractivity contribution in [2.24, 2.45) is 5.92 Å². The Balaban J connectivity index is 1.91. The zero-order chi connectivity index (χ0) is 14.0. The fraction of sp³-hybridized carbons (Fsp3) is 0.462. The molecular formula is C13H16Cl2N2O2. The Hall–Kier alpha value is -0.970. The molecule has 19 heavy (non-hydrogen) atoms. The molecule has 0 bridgehead atoms. The summed E-state index contributed by atoms with van der Waals surface area (Å²) in [5, 5.41) is 12.9. The minimum absolute atomic E-state index is 0.205. The van der Waals surface area contributed by atoms with Crippen LogP contribution in [0.4, 0.5) is 10.5 Å². The number of benzene rings is 1. The highest BCUT2D eigenvalue weighted by atomic mass is 35.5. The summed E-state index contributed by atoms with van der Waals surface area (Å²) in [4.78, 5) is 13.6. The van der Waals surface area contributed by atoms with E-state index in [0.29, 0.717) is 28.2 Å². The van der Waals surface area contributed by atoms with Gasteiger partial charge in [0.25, 0.3) is 0 Å². The fourth-order valence-electron chi connectivity index (χ4n) is 2.12. The number of hydrogen-bond donors (Lipinski definition) is 2. The first kappa shape index (κ1) is 14.4. The van der Waals surface area contributed by atoms with Crippen molar-refractivity contribution in [3.8, 4) is 0 Å². The molecule has 0 aliphatic heterocycles. The zero-order valence-corrected chi connectivity index (χ0v) is 12.1. The van der Waals surface area contributed by atoms with Crippen molar-refractivity contribution in [3.63, 3.8) is 0 Å². The fourth-order valence-corrected chi connectivity index (χ4v) is 2.46. The molecule has 1 saturated carbocycles. The van der Waals surface area contributed by atoms with E-state index in [0.717, 1.165) is 12.8 Å². The average Bonchev–Trinajstić information content (AvgIpc) is 2.31. The van der Waals surface area contributed by atoms with Crippen molar-refractivity contribution < 1.29 is 9.90 Å². The molecule has 2 rings (SSSR count). The predicted octanol–water partition coefficient (Wildman–Crippen LogP) is 3.23. The van der Waals surface area contributed by atoms with Gasteiger partial charge in [-0.1, -0.05) is 23.2 Å². The van der Waals surface area contributed by atoms with E-state index < -0.39 is 0 Å². The third-order valence-corrected chi connectivity index (χ3v) is 3.82. The molecule has 104 valence electrons. The predicted molar refractivity (Wildman–Crippen MR) is 76.8 cm³/mol. The van der Waals surface area contributed by atoms with Crippen molar-refractivity contribution in [3.05, 3.63) is 28.2 Å². The standard InChI is InChI=1S/C13H16Cl2N2O2/c1-17(7-8-4-10(18)5-8)13(19)16-12-6-9(14)2-3-11(12)15/h2-3,6,8,10,18H,4-5,7H2,1H3,(H,16,19). The van der Waals surface area contributed by atoms with Gasteiger partial charge in [0.2, 0.25) is 0 Å². The highest BCUT2D eigenvalue weighted by Crippen LogP contribution is 2.28. The van der Waals surface area contributed by atoms with Crippen molar-refractivity contribution in [1.29, 1.82) is 0 Å². The van der Waals surface area contributed by atoms with Crippen LogP contribution in [0.5, 0.6) is 0 Å². The lowest BCUT2D eigenvalue weighted by atomic mass is 9.82. The number of carbonyl (C=O) groups is 1. The van der Waals surface area contributed by atoms with Gasteiger partial charge in [0.15, 0.2) is 0 Å². The molecule has 6 heteroatoms. The average molecular weight is 303 g/mol. The number of nitrogens with one attached hydrogen (secondary N) is 1. The van der Waals surface area contributed by atoms with Gasteiger partial charge in [-0.3, -0.25) is 0 Å². The first-order valence-electron chi connectivity index (χ1n) is 6.11. The van der Waals surface area contributed by atoms with E-state index in [-0.39, 0.29) is 12.1 Å². The number of aliphatic hydroxyl groups excluding tert-OH is 1. The van der Waals surface area contributed by atoms with Crippen molar-refractivity contribution in [1.82, 2.24) is 4.90 Å². The molecule has 1 aliphatic carbocycles. The lowest BCUT2D eigenvalue weighted by Gasteiger charge is -2.34. The maximum Gasteiger partial charge on any atom is 0.321 e. The van der Waals surface area contributed by atoms with Gasteiger partial charge in [-0.05, 0) is 37.0 Å².